The molecule has 0 aliphatic heterocycles. The summed E-state index contributed by atoms with van der Waals surface area (Å²) in [5, 5.41) is 0. The van der Waals surface area contributed by atoms with E-state index in [1.807, 2.05) is 60.7 Å². The van der Waals surface area contributed by atoms with Gasteiger partial charge in [0, 0.05) is 0 Å². The number of benzene rings is 2. The molecule has 3 rings (SSSR count). The van der Waals surface area contributed by atoms with Crippen molar-refractivity contribution in [2.24, 2.45) is 5.41 Å². The number of esters is 1. The Balaban J connectivity index is 1.77. The first kappa shape index (κ1) is 20.3. The Labute approximate surface area is 169 Å². The van der Waals surface area contributed by atoms with Gasteiger partial charge in [-0.25, -0.2) is 0 Å². The number of hydrogen-bond acceptors (Lipinski definition) is 7. The van der Waals surface area contributed by atoms with Crippen LogP contribution in [0.15, 0.2) is 60.7 Å². The molecule has 0 aliphatic carbocycles. The molecule has 7 heteroatoms. The molecule has 3 aromatic rings. The summed E-state index contributed by atoms with van der Waals surface area (Å²) >= 11 is 0. The first-order chi connectivity index (χ1) is 13.9. The van der Waals surface area contributed by atoms with Crippen LogP contribution in [0.25, 0.3) is 0 Å². The lowest BCUT2D eigenvalue weighted by Gasteiger charge is -2.15. The first-order valence-electron chi connectivity index (χ1n) is 9.22. The summed E-state index contributed by atoms with van der Waals surface area (Å²) in [5.74, 6) is -0.466. The fourth-order valence-corrected chi connectivity index (χ4v) is 2.18. The van der Waals surface area contributed by atoms with E-state index in [1.54, 1.807) is 20.8 Å². The molecular formula is C22H23N3O4. The minimum absolute atomic E-state index is 0.0172. The number of carbonyl (C=O) groups excluding carboxylic acids is 1. The molecule has 0 aliphatic rings. The second kappa shape index (κ2) is 9.14. The third-order valence-electron chi connectivity index (χ3n) is 3.79. The summed E-state index contributed by atoms with van der Waals surface area (Å²) in [5.41, 5.74) is 1.20. The van der Waals surface area contributed by atoms with Gasteiger partial charge in [-0.05, 0) is 31.9 Å². The van der Waals surface area contributed by atoms with Crippen molar-refractivity contribution in [3.05, 3.63) is 71.8 Å². The summed E-state index contributed by atoms with van der Waals surface area (Å²) in [6.07, 6.45) is 0. The molecule has 0 saturated heterocycles. The van der Waals surface area contributed by atoms with Crippen molar-refractivity contribution in [3.63, 3.8) is 0 Å². The molecular weight excluding hydrogens is 370 g/mol. The number of carbonyl (C=O) groups is 1. The lowest BCUT2D eigenvalue weighted by molar-refractivity contribution is -0.143. The van der Waals surface area contributed by atoms with Crippen molar-refractivity contribution in [2.75, 3.05) is 0 Å². The van der Waals surface area contributed by atoms with Crippen molar-refractivity contribution in [2.45, 2.75) is 34.0 Å². The Morgan fingerprint density at radius 3 is 1.55 bits per heavy atom. The van der Waals surface area contributed by atoms with Crippen molar-refractivity contribution in [1.29, 1.82) is 0 Å². The number of hydrogen-bond donors (Lipinski definition) is 0. The van der Waals surface area contributed by atoms with Gasteiger partial charge in [-0.2, -0.15) is 0 Å². The highest BCUT2D eigenvalue weighted by molar-refractivity contribution is 5.77. The predicted molar refractivity (Wildman–Crippen MR) is 106 cm³/mol. The summed E-state index contributed by atoms with van der Waals surface area (Å²) < 4.78 is 16.6. The van der Waals surface area contributed by atoms with Crippen LogP contribution >= 0.6 is 0 Å². The highest BCUT2D eigenvalue weighted by Gasteiger charge is 2.25. The van der Waals surface area contributed by atoms with Gasteiger partial charge >= 0.3 is 24.0 Å². The molecule has 29 heavy (non-hydrogen) atoms. The van der Waals surface area contributed by atoms with Crippen molar-refractivity contribution in [3.8, 4) is 18.0 Å². The molecule has 0 amide bonds. The summed E-state index contributed by atoms with van der Waals surface area (Å²) in [4.78, 5) is 24.6. The Morgan fingerprint density at radius 1 is 0.724 bits per heavy atom. The summed E-state index contributed by atoms with van der Waals surface area (Å²) in [7, 11) is 0. The minimum Gasteiger partial charge on any atom is -0.458 e. The maximum atomic E-state index is 12.2. The maximum Gasteiger partial charge on any atom is 0.333 e. The van der Waals surface area contributed by atoms with E-state index in [1.165, 1.54) is 0 Å². The molecule has 2 aromatic carbocycles. The third kappa shape index (κ3) is 6.27. The van der Waals surface area contributed by atoms with Gasteiger partial charge in [-0.1, -0.05) is 60.7 Å². The minimum atomic E-state index is -0.706. The largest absolute Gasteiger partial charge is 0.458 e. The monoisotopic (exact) mass is 393 g/mol. The van der Waals surface area contributed by atoms with Gasteiger partial charge in [0.05, 0.1) is 5.41 Å². The fraction of sp³-hybridized carbons (Fsp3) is 0.273. The lowest BCUT2D eigenvalue weighted by Crippen LogP contribution is -2.26. The Hall–Kier alpha value is -3.48. The molecule has 150 valence electrons. The van der Waals surface area contributed by atoms with E-state index in [-0.39, 0.29) is 31.2 Å². The molecule has 1 heterocycles. The van der Waals surface area contributed by atoms with Gasteiger partial charge in [0.15, 0.2) is 0 Å². The van der Waals surface area contributed by atoms with Gasteiger partial charge in [0.1, 0.15) is 13.2 Å². The van der Waals surface area contributed by atoms with Crippen LogP contribution < -0.4 is 14.2 Å². The van der Waals surface area contributed by atoms with E-state index in [2.05, 4.69) is 15.0 Å². The molecule has 0 atom stereocenters. The van der Waals surface area contributed by atoms with Gasteiger partial charge in [0.2, 0.25) is 0 Å². The normalized spacial score (nSPS) is 11.0. The smallest absolute Gasteiger partial charge is 0.333 e. The van der Waals surface area contributed by atoms with Gasteiger partial charge < -0.3 is 14.2 Å². The first-order valence-corrected chi connectivity index (χ1v) is 9.22. The second-order valence-electron chi connectivity index (χ2n) is 7.37. The highest BCUT2D eigenvalue weighted by Crippen LogP contribution is 2.21. The highest BCUT2D eigenvalue weighted by atomic mass is 16.6. The quantitative estimate of drug-likeness (QED) is 0.561. The van der Waals surface area contributed by atoms with Crippen LogP contribution in [0, 0.1) is 5.41 Å². The van der Waals surface area contributed by atoms with Crippen LogP contribution in [-0.2, 0) is 18.0 Å². The molecule has 0 radical (unpaired) electrons. The van der Waals surface area contributed by atoms with Crippen LogP contribution in [0.5, 0.6) is 18.0 Å². The number of aromatic nitrogens is 3. The SMILES string of the molecule is CC(C)(C)C(=O)Oc1nc(OCc2ccccc2)nc(OCc2ccccc2)n1. The van der Waals surface area contributed by atoms with Crippen molar-refractivity contribution >= 4 is 5.97 Å². The predicted octanol–water partition coefficient (Wildman–Crippen LogP) is 3.98. The van der Waals surface area contributed by atoms with Crippen molar-refractivity contribution < 1.29 is 19.0 Å². The van der Waals surface area contributed by atoms with E-state index in [9.17, 15) is 4.79 Å². The standard InChI is InChI=1S/C22H23N3O4/c1-22(2,3)18(26)29-21-24-19(27-14-16-10-6-4-7-11-16)23-20(25-21)28-15-17-12-8-5-9-13-17/h4-13H,14-15H2,1-3H3. The van der Waals surface area contributed by atoms with Crippen LogP contribution in [0.3, 0.4) is 0 Å². The second-order valence-corrected chi connectivity index (χ2v) is 7.37. The third-order valence-corrected chi connectivity index (χ3v) is 3.79. The molecule has 0 N–H and O–H groups in total. The molecule has 1 aromatic heterocycles. The van der Waals surface area contributed by atoms with E-state index < -0.39 is 11.4 Å². The summed E-state index contributed by atoms with van der Waals surface area (Å²) in [6.45, 7) is 5.76. The van der Waals surface area contributed by atoms with E-state index in [0.29, 0.717) is 0 Å². The van der Waals surface area contributed by atoms with Crippen LogP contribution in [0.4, 0.5) is 0 Å². The lowest BCUT2D eigenvalue weighted by atomic mass is 9.98. The van der Waals surface area contributed by atoms with Gasteiger partial charge in [-0.3, -0.25) is 4.79 Å². The van der Waals surface area contributed by atoms with E-state index in [0.717, 1.165) is 11.1 Å². The zero-order chi connectivity index (χ0) is 20.7. The number of ether oxygens (including phenoxy) is 3. The molecule has 0 fully saturated rings. The fourth-order valence-electron chi connectivity index (χ4n) is 2.18. The van der Waals surface area contributed by atoms with Crippen molar-refractivity contribution in [1.82, 2.24) is 15.0 Å². The summed E-state index contributed by atoms with van der Waals surface area (Å²) in [6, 6.07) is 19.1. The molecule has 0 bridgehead atoms. The average molecular weight is 393 g/mol. The van der Waals surface area contributed by atoms with E-state index >= 15 is 0 Å². The number of nitrogens with zero attached hydrogens (tertiary/aromatic N) is 3. The Morgan fingerprint density at radius 2 is 1.14 bits per heavy atom. The van der Waals surface area contributed by atoms with Gasteiger partial charge in [-0.15, -0.1) is 15.0 Å². The Bertz CT molecular complexity index is 880. The molecule has 0 unspecified atom stereocenters. The maximum absolute atomic E-state index is 12.2. The average Bonchev–Trinajstić information content (AvgIpc) is 2.71. The zero-order valence-corrected chi connectivity index (χ0v) is 16.7. The van der Waals surface area contributed by atoms with Gasteiger partial charge in [0.25, 0.3) is 0 Å². The van der Waals surface area contributed by atoms with Crippen LogP contribution in [0.2, 0.25) is 0 Å². The molecule has 0 saturated carbocycles. The topological polar surface area (TPSA) is 83.4 Å². The molecule has 0 spiro atoms. The zero-order valence-electron chi connectivity index (χ0n) is 16.7. The number of rotatable bonds is 7. The van der Waals surface area contributed by atoms with Crippen LogP contribution in [-0.4, -0.2) is 20.9 Å². The van der Waals surface area contributed by atoms with E-state index in [4.69, 9.17) is 14.2 Å². The Kier molecular flexibility index (Phi) is 6.39. The van der Waals surface area contributed by atoms with Crippen LogP contribution in [0.1, 0.15) is 31.9 Å². The molecule has 7 nitrogen and oxygen atoms in total.